The van der Waals surface area contributed by atoms with E-state index in [9.17, 15) is 4.79 Å². The summed E-state index contributed by atoms with van der Waals surface area (Å²) in [4.78, 5) is 18.0. The molecule has 1 aromatic heterocycles. The zero-order chi connectivity index (χ0) is 16.0. The molecule has 2 heterocycles. The van der Waals surface area contributed by atoms with Crippen LogP contribution in [0, 0.1) is 4.77 Å². The van der Waals surface area contributed by atoms with Crippen LogP contribution in [0.4, 0.5) is 0 Å². The van der Waals surface area contributed by atoms with Crippen molar-refractivity contribution in [3.05, 3.63) is 64.4 Å². The SMILES string of the molecule is CCCN1C(=O)c2ccccc2C1n1c(=S)[nH]c2ccccc21. The standard InChI is InChI=1S/C18H17N3OS/c1-2-11-20-16(12-7-3-4-8-13(12)17(20)22)21-15-10-6-5-9-14(15)19-18(21)23/h3-10,16H,2,11H2,1H3,(H,19,23). The van der Waals surface area contributed by atoms with Crippen LogP contribution in [0.2, 0.25) is 0 Å². The molecule has 23 heavy (non-hydrogen) atoms. The van der Waals surface area contributed by atoms with E-state index >= 15 is 0 Å². The molecule has 0 radical (unpaired) electrons. The maximum Gasteiger partial charge on any atom is 0.256 e. The minimum Gasteiger partial charge on any atom is -0.331 e. The molecule has 5 heteroatoms. The molecule has 1 aliphatic heterocycles. The Morgan fingerprint density at radius 2 is 1.87 bits per heavy atom. The molecule has 0 saturated carbocycles. The van der Waals surface area contributed by atoms with Gasteiger partial charge in [-0.3, -0.25) is 9.36 Å². The Bertz CT molecular complexity index is 956. The second-order valence-electron chi connectivity index (χ2n) is 5.78. The number of hydrogen-bond donors (Lipinski definition) is 1. The van der Waals surface area contributed by atoms with Gasteiger partial charge in [-0.15, -0.1) is 0 Å². The minimum absolute atomic E-state index is 0.0830. The number of amides is 1. The first kappa shape index (κ1) is 14.2. The molecule has 0 aliphatic carbocycles. The maximum atomic E-state index is 12.8. The summed E-state index contributed by atoms with van der Waals surface area (Å²) in [6, 6.07) is 15.8. The van der Waals surface area contributed by atoms with E-state index in [0.717, 1.165) is 28.6 Å². The Morgan fingerprint density at radius 3 is 2.70 bits per heavy atom. The molecule has 116 valence electrons. The van der Waals surface area contributed by atoms with Gasteiger partial charge in [-0.05, 0) is 36.8 Å². The van der Waals surface area contributed by atoms with Crippen molar-refractivity contribution in [1.29, 1.82) is 0 Å². The van der Waals surface area contributed by atoms with Crippen LogP contribution in [-0.2, 0) is 0 Å². The van der Waals surface area contributed by atoms with Crippen LogP contribution < -0.4 is 0 Å². The van der Waals surface area contributed by atoms with Crippen molar-refractivity contribution >= 4 is 29.2 Å². The first-order chi connectivity index (χ1) is 11.2. The van der Waals surface area contributed by atoms with E-state index in [1.54, 1.807) is 0 Å². The van der Waals surface area contributed by atoms with Gasteiger partial charge in [0.15, 0.2) is 4.77 Å². The number of H-pyrrole nitrogens is 1. The average Bonchev–Trinajstić information content (AvgIpc) is 3.03. The second kappa shape index (κ2) is 5.35. The van der Waals surface area contributed by atoms with Gasteiger partial charge < -0.3 is 9.88 Å². The minimum atomic E-state index is -0.178. The number of rotatable bonds is 3. The summed E-state index contributed by atoms with van der Waals surface area (Å²) in [6.07, 6.45) is 0.730. The lowest BCUT2D eigenvalue weighted by molar-refractivity contribution is 0.0703. The Labute approximate surface area is 139 Å². The van der Waals surface area contributed by atoms with E-state index in [-0.39, 0.29) is 12.1 Å². The Kier molecular flexibility index (Phi) is 3.31. The van der Waals surface area contributed by atoms with Gasteiger partial charge in [-0.25, -0.2) is 0 Å². The monoisotopic (exact) mass is 323 g/mol. The number of para-hydroxylation sites is 2. The third kappa shape index (κ3) is 2.04. The molecule has 1 N–H and O–H groups in total. The van der Waals surface area contributed by atoms with Crippen LogP contribution in [0.25, 0.3) is 11.0 Å². The molecule has 1 aliphatic rings. The summed E-state index contributed by atoms with van der Waals surface area (Å²) >= 11 is 5.56. The number of hydrogen-bond acceptors (Lipinski definition) is 2. The van der Waals surface area contributed by atoms with Crippen LogP contribution in [0.5, 0.6) is 0 Å². The van der Waals surface area contributed by atoms with E-state index in [1.807, 2.05) is 53.4 Å². The zero-order valence-electron chi connectivity index (χ0n) is 12.8. The molecule has 4 nitrogen and oxygen atoms in total. The highest BCUT2D eigenvalue weighted by Gasteiger charge is 2.37. The number of nitrogens with zero attached hydrogens (tertiary/aromatic N) is 2. The Morgan fingerprint density at radius 1 is 1.13 bits per heavy atom. The molecule has 1 unspecified atom stereocenters. The van der Waals surface area contributed by atoms with E-state index in [1.165, 1.54) is 0 Å². The fourth-order valence-corrected chi connectivity index (χ4v) is 3.72. The summed E-state index contributed by atoms with van der Waals surface area (Å²) in [5.41, 5.74) is 3.81. The van der Waals surface area contributed by atoms with E-state index < -0.39 is 0 Å². The number of carbonyl (C=O) groups is 1. The molecule has 2 aromatic carbocycles. The molecular formula is C18H17N3OS. The molecule has 0 saturated heterocycles. The number of aromatic amines is 1. The van der Waals surface area contributed by atoms with Gasteiger partial charge in [-0.2, -0.15) is 0 Å². The molecule has 3 aromatic rings. The van der Waals surface area contributed by atoms with Crippen molar-refractivity contribution in [2.24, 2.45) is 0 Å². The number of aromatic nitrogens is 2. The summed E-state index contributed by atoms with van der Waals surface area (Å²) in [5.74, 6) is 0.0830. The van der Waals surface area contributed by atoms with Crippen LogP contribution in [-0.4, -0.2) is 26.9 Å². The van der Waals surface area contributed by atoms with E-state index in [2.05, 4.69) is 16.5 Å². The van der Waals surface area contributed by atoms with Crippen molar-refractivity contribution in [1.82, 2.24) is 14.5 Å². The third-order valence-corrected chi connectivity index (χ3v) is 4.66. The van der Waals surface area contributed by atoms with Crippen molar-refractivity contribution in [2.45, 2.75) is 19.5 Å². The Balaban J connectivity index is 1.99. The highest BCUT2D eigenvalue weighted by Crippen LogP contribution is 2.36. The van der Waals surface area contributed by atoms with Crippen molar-refractivity contribution in [3.63, 3.8) is 0 Å². The molecule has 1 atom stereocenters. The lowest BCUT2D eigenvalue weighted by Crippen LogP contribution is -2.32. The highest BCUT2D eigenvalue weighted by molar-refractivity contribution is 7.71. The van der Waals surface area contributed by atoms with Gasteiger partial charge in [0.25, 0.3) is 5.91 Å². The van der Waals surface area contributed by atoms with Gasteiger partial charge in [0.2, 0.25) is 0 Å². The predicted octanol–water partition coefficient (Wildman–Crippen LogP) is 4.11. The van der Waals surface area contributed by atoms with E-state index in [4.69, 9.17) is 12.2 Å². The zero-order valence-corrected chi connectivity index (χ0v) is 13.6. The molecule has 1 amide bonds. The Hall–Kier alpha value is -2.40. The van der Waals surface area contributed by atoms with Crippen LogP contribution in [0.3, 0.4) is 0 Å². The van der Waals surface area contributed by atoms with Crippen molar-refractivity contribution in [3.8, 4) is 0 Å². The molecule has 0 bridgehead atoms. The summed E-state index contributed by atoms with van der Waals surface area (Å²) < 4.78 is 2.70. The quantitative estimate of drug-likeness (QED) is 0.737. The van der Waals surface area contributed by atoms with Gasteiger partial charge in [-0.1, -0.05) is 37.3 Å². The number of fused-ring (bicyclic) bond motifs is 2. The lowest BCUT2D eigenvalue weighted by Gasteiger charge is -2.26. The molecule has 0 fully saturated rings. The second-order valence-corrected chi connectivity index (χ2v) is 6.16. The van der Waals surface area contributed by atoms with Crippen molar-refractivity contribution < 1.29 is 4.79 Å². The topological polar surface area (TPSA) is 41.0 Å². The number of imidazole rings is 1. The van der Waals surface area contributed by atoms with Gasteiger partial charge in [0, 0.05) is 17.7 Å². The summed E-state index contributed by atoms with van der Waals surface area (Å²) in [5, 5.41) is 0. The largest absolute Gasteiger partial charge is 0.331 e. The van der Waals surface area contributed by atoms with Crippen molar-refractivity contribution in [2.75, 3.05) is 6.54 Å². The highest BCUT2D eigenvalue weighted by atomic mass is 32.1. The maximum absolute atomic E-state index is 12.8. The normalized spacial score (nSPS) is 17.0. The average molecular weight is 323 g/mol. The molecule has 0 spiro atoms. The van der Waals surface area contributed by atoms with Gasteiger partial charge in [0.05, 0.1) is 11.0 Å². The van der Waals surface area contributed by atoms with Crippen LogP contribution >= 0.6 is 12.2 Å². The number of nitrogens with one attached hydrogen (secondary N) is 1. The fraction of sp³-hybridized carbons (Fsp3) is 0.222. The van der Waals surface area contributed by atoms with Crippen LogP contribution in [0.1, 0.15) is 35.4 Å². The van der Waals surface area contributed by atoms with Gasteiger partial charge >= 0.3 is 0 Å². The molecular weight excluding hydrogens is 306 g/mol. The predicted molar refractivity (Wildman–Crippen MR) is 93.0 cm³/mol. The molecule has 4 rings (SSSR count). The van der Waals surface area contributed by atoms with Crippen LogP contribution in [0.15, 0.2) is 48.5 Å². The third-order valence-electron chi connectivity index (χ3n) is 4.36. The smallest absolute Gasteiger partial charge is 0.256 e. The first-order valence-corrected chi connectivity index (χ1v) is 8.22. The summed E-state index contributed by atoms with van der Waals surface area (Å²) in [6.45, 7) is 2.79. The first-order valence-electron chi connectivity index (χ1n) is 7.81. The number of carbonyl (C=O) groups excluding carboxylic acids is 1. The number of benzene rings is 2. The van der Waals surface area contributed by atoms with Gasteiger partial charge in [0.1, 0.15) is 6.17 Å². The lowest BCUT2D eigenvalue weighted by atomic mass is 10.1. The van der Waals surface area contributed by atoms with E-state index in [0.29, 0.717) is 11.3 Å². The summed E-state index contributed by atoms with van der Waals surface area (Å²) in [7, 11) is 0. The fourth-order valence-electron chi connectivity index (χ4n) is 3.41.